The number of aryl methyl sites for hydroxylation is 2. The third-order valence-electron chi connectivity index (χ3n) is 5.17. The number of ether oxygens (including phenoxy) is 1. The van der Waals surface area contributed by atoms with Gasteiger partial charge in [0, 0.05) is 38.9 Å². The minimum absolute atomic E-state index is 0. The van der Waals surface area contributed by atoms with Gasteiger partial charge in [0.1, 0.15) is 0 Å². The summed E-state index contributed by atoms with van der Waals surface area (Å²) in [6.07, 6.45) is 3.09. The Balaban J connectivity index is 0.00000338. The van der Waals surface area contributed by atoms with Gasteiger partial charge in [-0.3, -0.25) is 4.99 Å². The highest BCUT2D eigenvalue weighted by molar-refractivity contribution is 14.0. The number of nitrogens with zero attached hydrogens (tertiary/aromatic N) is 2. The third kappa shape index (κ3) is 6.70. The number of benzene rings is 1. The van der Waals surface area contributed by atoms with Crippen LogP contribution in [-0.4, -0.2) is 63.8 Å². The van der Waals surface area contributed by atoms with Crippen molar-refractivity contribution >= 4 is 29.9 Å². The van der Waals surface area contributed by atoms with Crippen LogP contribution in [0.3, 0.4) is 0 Å². The number of nitrogens with one attached hydrogen (secondary N) is 2. The lowest BCUT2D eigenvalue weighted by atomic mass is 9.88. The molecule has 0 saturated carbocycles. The molecule has 6 heteroatoms. The Bertz CT molecular complexity index is 563. The molecule has 0 radical (unpaired) electrons. The molecule has 1 aliphatic heterocycles. The zero-order chi connectivity index (χ0) is 18.3. The Hall–Kier alpha value is -0.860. The smallest absolute Gasteiger partial charge is 0.191 e. The maximum Gasteiger partial charge on any atom is 0.191 e. The normalized spacial score (nSPS) is 16.9. The number of hydrogen-bond acceptors (Lipinski definition) is 3. The zero-order valence-corrected chi connectivity index (χ0v) is 19.2. The van der Waals surface area contributed by atoms with Gasteiger partial charge in [-0.2, -0.15) is 0 Å². The molecule has 0 aliphatic carbocycles. The first-order valence-corrected chi connectivity index (χ1v) is 9.22. The molecule has 1 aromatic rings. The standard InChI is InChI=1S/C20H34N4O.HI/c1-16-12-17(2)14-18(13-16)6-9-22-19(21-3)23-15-20(24(4)5)7-10-25-11-8-20;/h12-14H,6-11,15H2,1-5H3,(H2,21,22,23);1H. The van der Waals surface area contributed by atoms with E-state index >= 15 is 0 Å². The van der Waals surface area contributed by atoms with Crippen LogP contribution >= 0.6 is 24.0 Å². The van der Waals surface area contributed by atoms with E-state index in [1.807, 2.05) is 7.05 Å². The molecule has 2 N–H and O–H groups in total. The largest absolute Gasteiger partial charge is 0.381 e. The molecule has 2 rings (SSSR count). The summed E-state index contributed by atoms with van der Waals surface area (Å²) in [6, 6.07) is 6.73. The second-order valence-corrected chi connectivity index (χ2v) is 7.33. The van der Waals surface area contributed by atoms with Gasteiger partial charge in [-0.25, -0.2) is 0 Å². The summed E-state index contributed by atoms with van der Waals surface area (Å²) in [6.45, 7) is 7.72. The molecule has 1 aliphatic rings. The topological polar surface area (TPSA) is 48.9 Å². The van der Waals surface area contributed by atoms with E-state index < -0.39 is 0 Å². The molecule has 1 saturated heterocycles. The highest BCUT2D eigenvalue weighted by atomic mass is 127. The number of rotatable bonds is 6. The zero-order valence-electron chi connectivity index (χ0n) is 16.9. The average Bonchev–Trinajstić information content (AvgIpc) is 2.57. The first-order valence-electron chi connectivity index (χ1n) is 9.22. The second-order valence-electron chi connectivity index (χ2n) is 7.33. The van der Waals surface area contributed by atoms with E-state index in [1.54, 1.807) is 0 Å². The number of halogens is 1. The van der Waals surface area contributed by atoms with Crippen LogP contribution < -0.4 is 10.6 Å². The van der Waals surface area contributed by atoms with E-state index in [9.17, 15) is 0 Å². The molecule has 0 aromatic heterocycles. The summed E-state index contributed by atoms with van der Waals surface area (Å²) >= 11 is 0. The molecule has 148 valence electrons. The molecule has 26 heavy (non-hydrogen) atoms. The molecule has 0 bridgehead atoms. The van der Waals surface area contributed by atoms with Crippen LogP contribution in [0.25, 0.3) is 0 Å². The first kappa shape index (κ1) is 23.2. The summed E-state index contributed by atoms with van der Waals surface area (Å²) in [7, 11) is 6.14. The molecule has 5 nitrogen and oxygen atoms in total. The van der Waals surface area contributed by atoms with Crippen LogP contribution in [0.1, 0.15) is 29.5 Å². The monoisotopic (exact) mass is 474 g/mol. The van der Waals surface area contributed by atoms with Gasteiger partial charge in [0.05, 0.1) is 0 Å². The third-order valence-corrected chi connectivity index (χ3v) is 5.17. The van der Waals surface area contributed by atoms with Crippen LogP contribution in [0.2, 0.25) is 0 Å². The van der Waals surface area contributed by atoms with Crippen molar-refractivity contribution in [2.75, 3.05) is 47.4 Å². The van der Waals surface area contributed by atoms with Crippen LogP contribution in [0.4, 0.5) is 0 Å². The molecule has 1 heterocycles. The summed E-state index contributed by atoms with van der Waals surface area (Å²) in [5.74, 6) is 0.872. The van der Waals surface area contributed by atoms with E-state index in [1.165, 1.54) is 16.7 Å². The van der Waals surface area contributed by atoms with Crippen molar-refractivity contribution in [1.82, 2.24) is 15.5 Å². The summed E-state index contributed by atoms with van der Waals surface area (Å²) in [5, 5.41) is 6.95. The maximum atomic E-state index is 5.54. The quantitative estimate of drug-likeness (QED) is 0.378. The minimum atomic E-state index is 0. The fourth-order valence-electron chi connectivity index (χ4n) is 3.54. The number of aliphatic imine (C=N–C) groups is 1. The molecule has 1 aromatic carbocycles. The molecular weight excluding hydrogens is 439 g/mol. The predicted octanol–water partition coefficient (Wildman–Crippen LogP) is 2.74. The lowest BCUT2D eigenvalue weighted by Crippen LogP contribution is -2.57. The van der Waals surface area contributed by atoms with E-state index in [0.29, 0.717) is 0 Å². The van der Waals surface area contributed by atoms with Gasteiger partial charge in [-0.15, -0.1) is 24.0 Å². The van der Waals surface area contributed by atoms with Crippen molar-refractivity contribution < 1.29 is 4.74 Å². The van der Waals surface area contributed by atoms with Crippen LogP contribution in [0, 0.1) is 13.8 Å². The van der Waals surface area contributed by atoms with Gasteiger partial charge < -0.3 is 20.3 Å². The van der Waals surface area contributed by atoms with Crippen LogP contribution in [0.5, 0.6) is 0 Å². The summed E-state index contributed by atoms with van der Waals surface area (Å²) in [5.41, 5.74) is 4.16. The Kier molecular flexibility index (Phi) is 9.89. The molecule has 0 atom stereocenters. The van der Waals surface area contributed by atoms with Crippen molar-refractivity contribution in [3.63, 3.8) is 0 Å². The number of guanidine groups is 1. The van der Waals surface area contributed by atoms with Crippen molar-refractivity contribution in [3.8, 4) is 0 Å². The number of likely N-dealkylation sites (N-methyl/N-ethyl adjacent to an activating group) is 1. The average molecular weight is 474 g/mol. The fraction of sp³-hybridized carbons (Fsp3) is 0.650. The predicted molar refractivity (Wildman–Crippen MR) is 121 cm³/mol. The number of hydrogen-bond donors (Lipinski definition) is 2. The Morgan fingerprint density at radius 1 is 1.12 bits per heavy atom. The molecule has 0 spiro atoms. The van der Waals surface area contributed by atoms with Gasteiger partial charge in [0.2, 0.25) is 0 Å². The van der Waals surface area contributed by atoms with Crippen LogP contribution in [0.15, 0.2) is 23.2 Å². The Morgan fingerprint density at radius 2 is 1.73 bits per heavy atom. The van der Waals surface area contributed by atoms with Gasteiger partial charge in [-0.1, -0.05) is 29.3 Å². The molecule has 0 amide bonds. The van der Waals surface area contributed by atoms with E-state index in [4.69, 9.17) is 4.74 Å². The second kappa shape index (κ2) is 11.1. The highest BCUT2D eigenvalue weighted by Crippen LogP contribution is 2.24. The molecule has 0 unspecified atom stereocenters. The highest BCUT2D eigenvalue weighted by Gasteiger charge is 2.34. The van der Waals surface area contributed by atoms with Crippen molar-refractivity contribution in [3.05, 3.63) is 34.9 Å². The van der Waals surface area contributed by atoms with E-state index in [-0.39, 0.29) is 29.5 Å². The van der Waals surface area contributed by atoms with Gasteiger partial charge in [-0.05, 0) is 52.8 Å². The lowest BCUT2D eigenvalue weighted by Gasteiger charge is -2.43. The van der Waals surface area contributed by atoms with Gasteiger partial charge >= 0.3 is 0 Å². The van der Waals surface area contributed by atoms with E-state index in [0.717, 1.165) is 51.5 Å². The van der Waals surface area contributed by atoms with Crippen molar-refractivity contribution in [2.24, 2.45) is 4.99 Å². The first-order chi connectivity index (χ1) is 11.9. The Morgan fingerprint density at radius 3 is 2.27 bits per heavy atom. The molecular formula is C20H35IN4O. The fourth-order valence-corrected chi connectivity index (χ4v) is 3.54. The summed E-state index contributed by atoms with van der Waals surface area (Å²) < 4.78 is 5.54. The van der Waals surface area contributed by atoms with Gasteiger partial charge in [0.15, 0.2) is 5.96 Å². The van der Waals surface area contributed by atoms with Crippen molar-refractivity contribution in [2.45, 2.75) is 38.6 Å². The van der Waals surface area contributed by atoms with Crippen LogP contribution in [-0.2, 0) is 11.2 Å². The maximum absolute atomic E-state index is 5.54. The SMILES string of the molecule is CN=C(NCCc1cc(C)cc(C)c1)NCC1(N(C)C)CCOCC1.I. The Labute approximate surface area is 176 Å². The van der Waals surface area contributed by atoms with E-state index in [2.05, 4.69) is 66.7 Å². The van der Waals surface area contributed by atoms with Crippen molar-refractivity contribution in [1.29, 1.82) is 0 Å². The minimum Gasteiger partial charge on any atom is -0.381 e. The summed E-state index contributed by atoms with van der Waals surface area (Å²) in [4.78, 5) is 6.70. The van der Waals surface area contributed by atoms with Gasteiger partial charge in [0.25, 0.3) is 0 Å². The molecule has 1 fully saturated rings. The lowest BCUT2D eigenvalue weighted by molar-refractivity contribution is -0.00500.